The Hall–Kier alpha value is -1.07. The molecule has 0 amide bonds. The van der Waals surface area contributed by atoms with Crippen LogP contribution in [0.1, 0.15) is 24.5 Å². The Balaban J connectivity index is 2.59. The minimum Gasteiger partial charge on any atom is -0.396 e. The van der Waals surface area contributed by atoms with Gasteiger partial charge in [-0.3, -0.25) is 0 Å². The molecule has 0 saturated carbocycles. The van der Waals surface area contributed by atoms with Crippen molar-refractivity contribution in [1.29, 1.82) is 0 Å². The van der Waals surface area contributed by atoms with Gasteiger partial charge in [0.2, 0.25) is 0 Å². The number of anilines is 1. The van der Waals surface area contributed by atoms with Crippen LogP contribution < -0.4 is 5.32 Å². The standard InChI is InChI=1S/C13H19NO3S/c1-8-6-11-13(7-9(8)2)18(16,17)12(4-5-15)10(3)14-11/h6-7,10,12,14-15H,4-5H2,1-3H3. The number of aryl methyl sites for hydroxylation is 2. The maximum atomic E-state index is 12.5. The number of aliphatic hydroxyl groups is 1. The molecule has 18 heavy (non-hydrogen) atoms. The first-order valence-electron chi connectivity index (χ1n) is 6.10. The van der Waals surface area contributed by atoms with Gasteiger partial charge in [0.25, 0.3) is 0 Å². The van der Waals surface area contributed by atoms with Gasteiger partial charge in [-0.1, -0.05) is 0 Å². The summed E-state index contributed by atoms with van der Waals surface area (Å²) < 4.78 is 25.0. The highest BCUT2D eigenvalue weighted by Crippen LogP contribution is 2.35. The smallest absolute Gasteiger partial charge is 0.185 e. The zero-order valence-corrected chi connectivity index (χ0v) is 11.7. The van der Waals surface area contributed by atoms with Crippen molar-refractivity contribution in [3.05, 3.63) is 23.3 Å². The summed E-state index contributed by atoms with van der Waals surface area (Å²) in [7, 11) is -3.36. The molecular formula is C13H19NO3S. The molecule has 1 aliphatic rings. The Morgan fingerprint density at radius 2 is 1.89 bits per heavy atom. The summed E-state index contributed by atoms with van der Waals surface area (Å²) in [5, 5.41) is 11.7. The second kappa shape index (κ2) is 4.55. The summed E-state index contributed by atoms with van der Waals surface area (Å²) in [5.41, 5.74) is 2.72. The van der Waals surface area contributed by atoms with Gasteiger partial charge < -0.3 is 10.4 Å². The van der Waals surface area contributed by atoms with Crippen molar-refractivity contribution in [3.63, 3.8) is 0 Å². The average Bonchev–Trinajstić information content (AvgIpc) is 2.28. The fourth-order valence-electron chi connectivity index (χ4n) is 2.44. The zero-order chi connectivity index (χ0) is 13.5. The minimum atomic E-state index is -3.36. The van der Waals surface area contributed by atoms with E-state index < -0.39 is 15.1 Å². The molecule has 1 aromatic carbocycles. The van der Waals surface area contributed by atoms with E-state index in [1.54, 1.807) is 6.07 Å². The van der Waals surface area contributed by atoms with Gasteiger partial charge >= 0.3 is 0 Å². The minimum absolute atomic E-state index is 0.115. The van der Waals surface area contributed by atoms with Crippen LogP contribution in [0.5, 0.6) is 0 Å². The Bertz CT molecular complexity index is 566. The van der Waals surface area contributed by atoms with Gasteiger partial charge in [-0.15, -0.1) is 0 Å². The Morgan fingerprint density at radius 3 is 2.50 bits per heavy atom. The summed E-state index contributed by atoms with van der Waals surface area (Å²) in [4.78, 5) is 0.363. The summed E-state index contributed by atoms with van der Waals surface area (Å²) in [6.45, 7) is 5.60. The van der Waals surface area contributed by atoms with E-state index in [4.69, 9.17) is 5.11 Å². The predicted octanol–water partition coefficient (Wildman–Crippen LogP) is 1.64. The SMILES string of the molecule is Cc1cc2c(cc1C)S(=O)(=O)C(CCO)C(C)N2. The number of aliphatic hydroxyl groups excluding tert-OH is 1. The van der Waals surface area contributed by atoms with Crippen molar-refractivity contribution in [2.24, 2.45) is 0 Å². The fraction of sp³-hybridized carbons (Fsp3) is 0.538. The van der Waals surface area contributed by atoms with E-state index >= 15 is 0 Å². The molecular weight excluding hydrogens is 250 g/mol. The average molecular weight is 269 g/mol. The first kappa shape index (κ1) is 13.4. The topological polar surface area (TPSA) is 66.4 Å². The van der Waals surface area contributed by atoms with E-state index in [1.807, 2.05) is 26.8 Å². The van der Waals surface area contributed by atoms with Gasteiger partial charge in [0.15, 0.2) is 9.84 Å². The van der Waals surface area contributed by atoms with E-state index in [1.165, 1.54) is 0 Å². The number of rotatable bonds is 2. The molecule has 2 rings (SSSR count). The highest BCUT2D eigenvalue weighted by molar-refractivity contribution is 7.92. The van der Waals surface area contributed by atoms with Gasteiger partial charge in [0.1, 0.15) is 0 Å². The zero-order valence-electron chi connectivity index (χ0n) is 10.9. The van der Waals surface area contributed by atoms with Crippen LogP contribution in [0.3, 0.4) is 0 Å². The monoisotopic (exact) mass is 269 g/mol. The van der Waals surface area contributed by atoms with Crippen LogP contribution in [-0.2, 0) is 9.84 Å². The number of nitrogens with one attached hydrogen (secondary N) is 1. The van der Waals surface area contributed by atoms with Crippen molar-refractivity contribution >= 4 is 15.5 Å². The van der Waals surface area contributed by atoms with Crippen LogP contribution in [0.4, 0.5) is 5.69 Å². The third-order valence-electron chi connectivity index (χ3n) is 3.66. The molecule has 4 nitrogen and oxygen atoms in total. The molecule has 0 bridgehead atoms. The molecule has 0 aromatic heterocycles. The Kier molecular flexibility index (Phi) is 3.38. The van der Waals surface area contributed by atoms with Gasteiger partial charge in [-0.25, -0.2) is 8.42 Å². The molecule has 1 heterocycles. The maximum absolute atomic E-state index is 12.5. The number of sulfone groups is 1. The molecule has 5 heteroatoms. The van der Waals surface area contributed by atoms with Gasteiger partial charge in [-0.2, -0.15) is 0 Å². The highest BCUT2D eigenvalue weighted by Gasteiger charge is 2.38. The number of hydrogen-bond donors (Lipinski definition) is 2. The van der Waals surface area contributed by atoms with Crippen molar-refractivity contribution < 1.29 is 13.5 Å². The normalized spacial score (nSPS) is 25.3. The molecule has 1 aromatic rings. The Labute approximate surface area is 108 Å². The van der Waals surface area contributed by atoms with Crippen LogP contribution in [0.15, 0.2) is 17.0 Å². The largest absolute Gasteiger partial charge is 0.396 e. The molecule has 100 valence electrons. The van der Waals surface area contributed by atoms with E-state index in [2.05, 4.69) is 5.32 Å². The van der Waals surface area contributed by atoms with Crippen LogP contribution in [0.2, 0.25) is 0 Å². The molecule has 0 radical (unpaired) electrons. The molecule has 2 N–H and O–H groups in total. The summed E-state index contributed by atoms with van der Waals surface area (Å²) in [6.07, 6.45) is 0.267. The lowest BCUT2D eigenvalue weighted by Crippen LogP contribution is -2.42. The number of hydrogen-bond acceptors (Lipinski definition) is 4. The van der Waals surface area contributed by atoms with Crippen molar-refractivity contribution in [1.82, 2.24) is 0 Å². The van der Waals surface area contributed by atoms with Crippen LogP contribution in [0, 0.1) is 13.8 Å². The first-order valence-corrected chi connectivity index (χ1v) is 7.65. The van der Waals surface area contributed by atoms with Crippen LogP contribution >= 0.6 is 0 Å². The van der Waals surface area contributed by atoms with Gasteiger partial charge in [0, 0.05) is 12.6 Å². The van der Waals surface area contributed by atoms with Crippen LogP contribution in [-0.4, -0.2) is 31.4 Å². The lowest BCUT2D eigenvalue weighted by atomic mass is 10.1. The lowest BCUT2D eigenvalue weighted by Gasteiger charge is -2.32. The van der Waals surface area contributed by atoms with Gasteiger partial charge in [-0.05, 0) is 50.5 Å². The summed E-state index contributed by atoms with van der Waals surface area (Å²) >= 11 is 0. The summed E-state index contributed by atoms with van der Waals surface area (Å²) in [6, 6.07) is 3.42. The molecule has 0 fully saturated rings. The van der Waals surface area contributed by atoms with E-state index in [-0.39, 0.29) is 19.1 Å². The number of benzene rings is 1. The molecule has 1 aliphatic heterocycles. The van der Waals surface area contributed by atoms with Gasteiger partial charge in [0.05, 0.1) is 15.8 Å². The maximum Gasteiger partial charge on any atom is 0.185 e. The fourth-order valence-corrected chi connectivity index (χ4v) is 4.55. The summed E-state index contributed by atoms with van der Waals surface area (Å²) in [5.74, 6) is 0. The highest BCUT2D eigenvalue weighted by atomic mass is 32.2. The number of fused-ring (bicyclic) bond motifs is 1. The molecule has 0 spiro atoms. The van der Waals surface area contributed by atoms with Crippen LogP contribution in [0.25, 0.3) is 0 Å². The molecule has 2 unspecified atom stereocenters. The second-order valence-corrected chi connectivity index (χ2v) is 7.10. The predicted molar refractivity (Wildman–Crippen MR) is 71.7 cm³/mol. The third kappa shape index (κ3) is 2.01. The quantitative estimate of drug-likeness (QED) is 0.856. The molecule has 0 saturated heterocycles. The van der Waals surface area contributed by atoms with Crippen molar-refractivity contribution in [3.8, 4) is 0 Å². The second-order valence-electron chi connectivity index (χ2n) is 4.96. The van der Waals surface area contributed by atoms with E-state index in [9.17, 15) is 8.42 Å². The van der Waals surface area contributed by atoms with E-state index in [0.29, 0.717) is 10.6 Å². The third-order valence-corrected chi connectivity index (χ3v) is 6.05. The van der Waals surface area contributed by atoms with Crippen molar-refractivity contribution in [2.75, 3.05) is 11.9 Å². The first-order chi connectivity index (χ1) is 8.37. The lowest BCUT2D eigenvalue weighted by molar-refractivity contribution is 0.282. The Morgan fingerprint density at radius 1 is 1.28 bits per heavy atom. The van der Waals surface area contributed by atoms with E-state index in [0.717, 1.165) is 11.1 Å². The van der Waals surface area contributed by atoms with Crippen molar-refractivity contribution in [2.45, 2.75) is 43.4 Å². The molecule has 2 atom stereocenters. The molecule has 0 aliphatic carbocycles.